The first kappa shape index (κ1) is 14.0. The molecule has 0 heterocycles. The Bertz CT molecular complexity index is 464. The average molecular weight is 260 g/mol. The number of nitrogens with zero attached hydrogens (tertiary/aromatic N) is 1. The van der Waals surface area contributed by atoms with Gasteiger partial charge in [0.2, 0.25) is 0 Å². The Balaban J connectivity index is 1.90. The molecular weight excluding hydrogens is 239 g/mol. The summed E-state index contributed by atoms with van der Waals surface area (Å²) in [5.41, 5.74) is 1.03. The second-order valence-corrected chi connectivity index (χ2v) is 5.61. The van der Waals surface area contributed by atoms with Crippen molar-refractivity contribution in [3.05, 3.63) is 35.1 Å². The molecule has 0 aliphatic heterocycles. The lowest BCUT2D eigenvalue weighted by Crippen LogP contribution is -2.28. The van der Waals surface area contributed by atoms with E-state index in [0.29, 0.717) is 23.7 Å². The third kappa shape index (κ3) is 4.04. The molecule has 0 amide bonds. The maximum atomic E-state index is 13.7. The molecule has 0 bridgehead atoms. The van der Waals surface area contributed by atoms with Crippen molar-refractivity contribution in [3.63, 3.8) is 0 Å². The van der Waals surface area contributed by atoms with Gasteiger partial charge in [-0.15, -0.1) is 0 Å². The molecule has 1 aromatic carbocycles. The van der Waals surface area contributed by atoms with E-state index in [-0.39, 0.29) is 5.82 Å². The summed E-state index contributed by atoms with van der Waals surface area (Å²) in [5, 5.41) is 12.2. The third-order valence-electron chi connectivity index (χ3n) is 4.02. The number of hydrogen-bond acceptors (Lipinski definition) is 2. The fraction of sp³-hybridized carbons (Fsp3) is 0.562. The van der Waals surface area contributed by atoms with Crippen molar-refractivity contribution in [2.24, 2.45) is 5.92 Å². The van der Waals surface area contributed by atoms with Gasteiger partial charge in [0.25, 0.3) is 0 Å². The van der Waals surface area contributed by atoms with Gasteiger partial charge in [-0.05, 0) is 37.3 Å². The third-order valence-corrected chi connectivity index (χ3v) is 4.02. The van der Waals surface area contributed by atoms with Crippen LogP contribution in [0.2, 0.25) is 0 Å². The summed E-state index contributed by atoms with van der Waals surface area (Å²) in [7, 11) is 0. The predicted octanol–water partition coefficient (Wildman–Crippen LogP) is 3.76. The van der Waals surface area contributed by atoms with Crippen LogP contribution in [0, 0.1) is 23.1 Å². The lowest BCUT2D eigenvalue weighted by atomic mass is 10.0. The van der Waals surface area contributed by atoms with Crippen molar-refractivity contribution in [1.82, 2.24) is 5.32 Å². The number of hydrogen-bond donors (Lipinski definition) is 1. The first-order valence-corrected chi connectivity index (χ1v) is 7.11. The van der Waals surface area contributed by atoms with Gasteiger partial charge < -0.3 is 5.32 Å². The van der Waals surface area contributed by atoms with Crippen LogP contribution in [0.4, 0.5) is 4.39 Å². The van der Waals surface area contributed by atoms with Crippen LogP contribution in [-0.4, -0.2) is 6.04 Å². The van der Waals surface area contributed by atoms with Crippen molar-refractivity contribution >= 4 is 0 Å². The van der Waals surface area contributed by atoms with Crippen LogP contribution < -0.4 is 5.32 Å². The minimum absolute atomic E-state index is 0.284. The Morgan fingerprint density at radius 1 is 1.32 bits per heavy atom. The molecule has 2 rings (SSSR count). The summed E-state index contributed by atoms with van der Waals surface area (Å²) in [6.07, 6.45) is 6.19. The molecule has 1 saturated carbocycles. The van der Waals surface area contributed by atoms with Gasteiger partial charge in [0.05, 0.1) is 11.6 Å². The maximum absolute atomic E-state index is 13.7. The predicted molar refractivity (Wildman–Crippen MR) is 74.0 cm³/mol. The van der Waals surface area contributed by atoms with Gasteiger partial charge in [-0.1, -0.05) is 25.8 Å². The molecule has 19 heavy (non-hydrogen) atoms. The van der Waals surface area contributed by atoms with Crippen LogP contribution in [0.1, 0.15) is 50.2 Å². The van der Waals surface area contributed by atoms with Crippen molar-refractivity contribution < 1.29 is 4.39 Å². The van der Waals surface area contributed by atoms with Gasteiger partial charge in [0.15, 0.2) is 0 Å². The van der Waals surface area contributed by atoms with Crippen molar-refractivity contribution in [2.75, 3.05) is 0 Å². The Labute approximate surface area is 114 Å². The van der Waals surface area contributed by atoms with Gasteiger partial charge in [-0.2, -0.15) is 5.26 Å². The van der Waals surface area contributed by atoms with Gasteiger partial charge in [0.1, 0.15) is 5.82 Å². The van der Waals surface area contributed by atoms with Crippen molar-refractivity contribution in [3.8, 4) is 6.07 Å². The lowest BCUT2D eigenvalue weighted by molar-refractivity contribution is 0.442. The van der Waals surface area contributed by atoms with Crippen LogP contribution in [0.15, 0.2) is 18.2 Å². The number of nitrogens with one attached hydrogen (secondary N) is 1. The van der Waals surface area contributed by atoms with Crippen LogP contribution >= 0.6 is 0 Å². The second-order valence-electron chi connectivity index (χ2n) is 5.61. The number of benzene rings is 1. The minimum Gasteiger partial charge on any atom is -0.310 e. The quantitative estimate of drug-likeness (QED) is 0.840. The van der Waals surface area contributed by atoms with E-state index < -0.39 is 0 Å². The van der Waals surface area contributed by atoms with Gasteiger partial charge >= 0.3 is 0 Å². The van der Waals surface area contributed by atoms with E-state index in [1.807, 2.05) is 6.07 Å². The van der Waals surface area contributed by atoms with Crippen LogP contribution in [0.25, 0.3) is 0 Å². The zero-order chi connectivity index (χ0) is 13.7. The Morgan fingerprint density at radius 3 is 2.89 bits per heavy atom. The van der Waals surface area contributed by atoms with Gasteiger partial charge in [-0.3, -0.25) is 0 Å². The SMILES string of the molecule is CC1CCCC(NCc2ccc(C#N)cc2F)CC1. The molecular formula is C16H21FN2. The molecule has 1 N–H and O–H groups in total. The van der Waals surface area contributed by atoms with Crippen LogP contribution in [0.3, 0.4) is 0 Å². The van der Waals surface area contributed by atoms with E-state index >= 15 is 0 Å². The first-order chi connectivity index (χ1) is 9.19. The molecule has 0 radical (unpaired) electrons. The Kier molecular flexibility index (Phi) is 4.93. The molecule has 1 fully saturated rings. The summed E-state index contributed by atoms with van der Waals surface area (Å²) >= 11 is 0. The molecule has 102 valence electrons. The van der Waals surface area contributed by atoms with E-state index in [2.05, 4.69) is 12.2 Å². The monoisotopic (exact) mass is 260 g/mol. The van der Waals surface area contributed by atoms with E-state index in [1.54, 1.807) is 12.1 Å². The molecule has 2 atom stereocenters. The summed E-state index contributed by atoms with van der Waals surface area (Å²) in [5.74, 6) is 0.534. The largest absolute Gasteiger partial charge is 0.310 e. The first-order valence-electron chi connectivity index (χ1n) is 7.11. The summed E-state index contributed by atoms with van der Waals surface area (Å²) in [4.78, 5) is 0. The number of nitriles is 1. The molecule has 1 aromatic rings. The zero-order valence-corrected chi connectivity index (χ0v) is 11.5. The highest BCUT2D eigenvalue weighted by Crippen LogP contribution is 2.23. The van der Waals surface area contributed by atoms with Gasteiger partial charge in [0, 0.05) is 18.2 Å². The molecule has 0 spiro atoms. The zero-order valence-electron chi connectivity index (χ0n) is 11.5. The summed E-state index contributed by atoms with van der Waals surface area (Å²) < 4.78 is 13.7. The fourth-order valence-electron chi connectivity index (χ4n) is 2.71. The van der Waals surface area contributed by atoms with Crippen LogP contribution in [-0.2, 0) is 6.54 Å². The molecule has 3 heteroatoms. The molecule has 2 unspecified atom stereocenters. The highest BCUT2D eigenvalue weighted by atomic mass is 19.1. The molecule has 0 aromatic heterocycles. The highest BCUT2D eigenvalue weighted by molar-refractivity contribution is 5.32. The van der Waals surface area contributed by atoms with E-state index in [9.17, 15) is 4.39 Å². The Hall–Kier alpha value is -1.40. The number of rotatable bonds is 3. The smallest absolute Gasteiger partial charge is 0.129 e. The lowest BCUT2D eigenvalue weighted by Gasteiger charge is -2.16. The number of halogens is 1. The van der Waals surface area contributed by atoms with E-state index in [4.69, 9.17) is 5.26 Å². The normalized spacial score (nSPS) is 23.6. The highest BCUT2D eigenvalue weighted by Gasteiger charge is 2.16. The molecule has 2 nitrogen and oxygen atoms in total. The Morgan fingerprint density at radius 2 is 2.16 bits per heavy atom. The average Bonchev–Trinajstić information content (AvgIpc) is 2.62. The maximum Gasteiger partial charge on any atom is 0.129 e. The van der Waals surface area contributed by atoms with Crippen molar-refractivity contribution in [2.45, 2.75) is 51.6 Å². The topological polar surface area (TPSA) is 35.8 Å². The molecule has 0 saturated heterocycles. The van der Waals surface area contributed by atoms with E-state index in [1.165, 1.54) is 38.2 Å². The van der Waals surface area contributed by atoms with Gasteiger partial charge in [-0.25, -0.2) is 4.39 Å². The second kappa shape index (κ2) is 6.68. The summed E-state index contributed by atoms with van der Waals surface area (Å²) in [6, 6.07) is 7.15. The van der Waals surface area contributed by atoms with E-state index in [0.717, 1.165) is 5.92 Å². The fourth-order valence-corrected chi connectivity index (χ4v) is 2.71. The standard InChI is InChI=1S/C16H21FN2/c1-12-3-2-4-15(8-5-12)19-11-14-7-6-13(10-18)9-16(14)17/h6-7,9,12,15,19H,2-5,8,11H2,1H3. The van der Waals surface area contributed by atoms with Crippen molar-refractivity contribution in [1.29, 1.82) is 5.26 Å². The van der Waals surface area contributed by atoms with Crippen LogP contribution in [0.5, 0.6) is 0 Å². The molecule has 1 aliphatic carbocycles. The minimum atomic E-state index is -0.284. The summed E-state index contributed by atoms with van der Waals surface area (Å²) in [6.45, 7) is 2.86. The molecule has 1 aliphatic rings.